The summed E-state index contributed by atoms with van der Waals surface area (Å²) in [6, 6.07) is 0. The van der Waals surface area contributed by atoms with Gasteiger partial charge in [0.25, 0.3) is 0 Å². The van der Waals surface area contributed by atoms with Gasteiger partial charge in [-0.3, -0.25) is 14.4 Å². The number of hydrogen-bond acceptors (Lipinski definition) is 11. The number of carboxylic acids is 1. The summed E-state index contributed by atoms with van der Waals surface area (Å²) in [6.07, 6.45) is 63.4. The largest absolute Gasteiger partial charge is 0.479 e. The zero-order valence-corrected chi connectivity index (χ0v) is 50.7. The van der Waals surface area contributed by atoms with Crippen molar-refractivity contribution in [1.29, 1.82) is 0 Å². The summed E-state index contributed by atoms with van der Waals surface area (Å²) in [5, 5.41) is 31.6. The Hall–Kier alpha value is -4.62. The van der Waals surface area contributed by atoms with E-state index in [0.717, 1.165) is 116 Å². The third-order valence-electron chi connectivity index (χ3n) is 13.8. The van der Waals surface area contributed by atoms with E-state index < -0.39 is 67.3 Å². The van der Waals surface area contributed by atoms with Crippen molar-refractivity contribution in [3.8, 4) is 0 Å². The van der Waals surface area contributed by atoms with Crippen LogP contribution in [0.25, 0.3) is 0 Å². The first-order chi connectivity index (χ1) is 39.6. The number of allylic oxidation sites excluding steroid dienone is 18. The first-order valence-corrected chi connectivity index (χ1v) is 31.9. The number of esters is 3. The van der Waals surface area contributed by atoms with Crippen LogP contribution in [0.5, 0.6) is 0 Å². The molecular weight excluding hydrogens is 1020 g/mol. The zero-order valence-electron chi connectivity index (χ0n) is 50.7. The van der Waals surface area contributed by atoms with Crippen LogP contribution in [0.4, 0.5) is 0 Å². The Kier molecular flexibility index (Phi) is 51.3. The second kappa shape index (κ2) is 55.9. The molecule has 460 valence electrons. The Bertz CT molecular complexity index is 1820. The molecule has 6 unspecified atom stereocenters. The maximum absolute atomic E-state index is 13.2. The Balaban J connectivity index is 2.71. The molecular formula is C69H112O12. The van der Waals surface area contributed by atoms with Gasteiger partial charge in [0.15, 0.2) is 24.6 Å². The molecule has 0 spiro atoms. The number of aliphatic hydroxyl groups is 2. The molecule has 1 aliphatic rings. The van der Waals surface area contributed by atoms with Crippen molar-refractivity contribution in [2.75, 3.05) is 13.2 Å². The average Bonchev–Trinajstić information content (AvgIpc) is 3.53. The number of carboxylic acid groups (broad SMARTS) is 1. The predicted octanol–water partition coefficient (Wildman–Crippen LogP) is 17.0. The van der Waals surface area contributed by atoms with Gasteiger partial charge >= 0.3 is 23.9 Å². The highest BCUT2D eigenvalue weighted by atomic mass is 16.7. The van der Waals surface area contributed by atoms with Crippen LogP contribution in [0, 0.1) is 0 Å². The van der Waals surface area contributed by atoms with Gasteiger partial charge in [0, 0.05) is 19.3 Å². The minimum atomic E-state index is -1.93. The molecule has 12 heteroatoms. The maximum Gasteiger partial charge on any atom is 0.335 e. The number of rotatable bonds is 53. The molecule has 1 aliphatic heterocycles. The van der Waals surface area contributed by atoms with Gasteiger partial charge < -0.3 is 39.0 Å². The van der Waals surface area contributed by atoms with E-state index in [2.05, 4.69) is 118 Å². The average molecular weight is 1130 g/mol. The number of aliphatic carboxylic acids is 1. The molecule has 81 heavy (non-hydrogen) atoms. The number of carbonyl (C=O) groups is 4. The molecule has 1 heterocycles. The summed E-state index contributed by atoms with van der Waals surface area (Å²) in [6.45, 7) is 5.75. The zero-order chi connectivity index (χ0) is 58.9. The summed E-state index contributed by atoms with van der Waals surface area (Å²) in [7, 11) is 0. The molecule has 12 nitrogen and oxygen atoms in total. The van der Waals surface area contributed by atoms with E-state index in [1.54, 1.807) is 0 Å². The Morgan fingerprint density at radius 2 is 0.790 bits per heavy atom. The van der Waals surface area contributed by atoms with Crippen LogP contribution in [0.1, 0.15) is 252 Å². The minimum Gasteiger partial charge on any atom is -0.479 e. The predicted molar refractivity (Wildman–Crippen MR) is 330 cm³/mol. The third kappa shape index (κ3) is 45.6. The van der Waals surface area contributed by atoms with Gasteiger partial charge in [0.1, 0.15) is 18.8 Å². The number of carbonyl (C=O) groups excluding carboxylic acids is 3. The lowest BCUT2D eigenvalue weighted by molar-refractivity contribution is -0.301. The lowest BCUT2D eigenvalue weighted by atomic mass is 9.98. The highest BCUT2D eigenvalue weighted by molar-refractivity contribution is 5.74. The van der Waals surface area contributed by atoms with Gasteiger partial charge in [-0.1, -0.05) is 246 Å². The SMILES string of the molecule is CC/C=C\C/C=C\C/C=C\C/C=C\C/C=C\CCCC(=O)OC1C(OCC(COC(=O)CCCCCCCC/C=C\C/C=C\C/C=C\C/C=C\CC)OC(=O)CCCCCCCCCCCCCCCCC)OC(C(=O)O)C(O)C1O. The monoisotopic (exact) mass is 1130 g/mol. The Morgan fingerprint density at radius 3 is 1.22 bits per heavy atom. The summed E-state index contributed by atoms with van der Waals surface area (Å²) < 4.78 is 28.4. The van der Waals surface area contributed by atoms with Crippen LogP contribution >= 0.6 is 0 Å². The lowest BCUT2D eigenvalue weighted by Crippen LogP contribution is -2.61. The number of aliphatic hydroxyl groups excluding tert-OH is 2. The van der Waals surface area contributed by atoms with E-state index in [1.807, 2.05) is 12.2 Å². The standard InChI is InChI=1S/C69H112O12/c1-4-7-10-13-16-19-22-25-28-30-31-33-35-37-40-43-46-49-52-55-61(70)77-58-60(79-62(71)56-53-50-47-44-41-38-34-27-24-21-18-15-12-9-6-3)59-78-69-67(65(74)64(73)66(81-69)68(75)76)80-63(72)57-54-51-48-45-42-39-36-32-29-26-23-20-17-14-11-8-5-2/h7-8,10-11,16-17,19-20,25-26,28-29,31,33,36,39,45,48,60,64-67,69,73-74H,4-6,9,12-15,18,21-24,27,30,32,34-35,37-38,40-44,46-47,49-59H2,1-3H3,(H,75,76)/b10-7-,11-8-,19-16-,20-17-,28-25-,29-26-,33-31-,39-36-,48-45-. The molecule has 1 rings (SSSR count). The number of ether oxygens (including phenoxy) is 5. The van der Waals surface area contributed by atoms with Crippen molar-refractivity contribution in [3.05, 3.63) is 109 Å². The number of unbranched alkanes of at least 4 members (excludes halogenated alkanes) is 21. The fourth-order valence-corrected chi connectivity index (χ4v) is 9.04. The summed E-state index contributed by atoms with van der Waals surface area (Å²) >= 11 is 0. The molecule has 6 atom stereocenters. The molecule has 1 fully saturated rings. The van der Waals surface area contributed by atoms with E-state index in [9.17, 15) is 34.5 Å². The topological polar surface area (TPSA) is 175 Å². The molecule has 0 aromatic carbocycles. The molecule has 1 saturated heterocycles. The van der Waals surface area contributed by atoms with E-state index in [1.165, 1.54) is 70.6 Å². The van der Waals surface area contributed by atoms with E-state index in [0.29, 0.717) is 25.7 Å². The lowest BCUT2D eigenvalue weighted by Gasteiger charge is -2.40. The van der Waals surface area contributed by atoms with Crippen LogP contribution in [0.15, 0.2) is 109 Å². The van der Waals surface area contributed by atoms with Crippen molar-refractivity contribution in [2.24, 2.45) is 0 Å². The van der Waals surface area contributed by atoms with Crippen molar-refractivity contribution in [3.63, 3.8) is 0 Å². The van der Waals surface area contributed by atoms with E-state index in [-0.39, 0.29) is 25.9 Å². The van der Waals surface area contributed by atoms with Crippen LogP contribution < -0.4 is 0 Å². The molecule has 0 bridgehead atoms. The second-order valence-corrected chi connectivity index (χ2v) is 21.3. The Morgan fingerprint density at radius 1 is 0.420 bits per heavy atom. The molecule has 0 saturated carbocycles. The molecule has 0 amide bonds. The van der Waals surface area contributed by atoms with Gasteiger partial charge in [-0.25, -0.2) is 4.79 Å². The molecule has 0 aromatic rings. The Labute approximate surface area is 491 Å². The summed E-state index contributed by atoms with van der Waals surface area (Å²) in [4.78, 5) is 51.3. The van der Waals surface area contributed by atoms with Crippen molar-refractivity contribution < 1.29 is 58.2 Å². The first-order valence-electron chi connectivity index (χ1n) is 31.9. The quantitative estimate of drug-likeness (QED) is 0.0228. The number of hydrogen-bond donors (Lipinski definition) is 3. The molecule has 0 radical (unpaired) electrons. The highest BCUT2D eigenvalue weighted by Crippen LogP contribution is 2.26. The van der Waals surface area contributed by atoms with E-state index >= 15 is 0 Å². The van der Waals surface area contributed by atoms with Gasteiger partial charge in [-0.05, 0) is 96.3 Å². The molecule has 0 aliphatic carbocycles. The summed E-state index contributed by atoms with van der Waals surface area (Å²) in [5.41, 5.74) is 0. The third-order valence-corrected chi connectivity index (χ3v) is 13.8. The van der Waals surface area contributed by atoms with Crippen LogP contribution in [-0.4, -0.2) is 89.2 Å². The van der Waals surface area contributed by atoms with Crippen LogP contribution in [0.3, 0.4) is 0 Å². The van der Waals surface area contributed by atoms with Gasteiger partial charge in [0.05, 0.1) is 6.61 Å². The minimum absolute atomic E-state index is 0.0229. The van der Waals surface area contributed by atoms with Gasteiger partial charge in [-0.15, -0.1) is 0 Å². The van der Waals surface area contributed by atoms with Gasteiger partial charge in [0.2, 0.25) is 0 Å². The molecule has 3 N–H and O–H groups in total. The molecule has 0 aromatic heterocycles. The first kappa shape index (κ1) is 74.4. The van der Waals surface area contributed by atoms with Crippen molar-refractivity contribution in [1.82, 2.24) is 0 Å². The van der Waals surface area contributed by atoms with Crippen LogP contribution in [0.2, 0.25) is 0 Å². The van der Waals surface area contributed by atoms with Crippen LogP contribution in [-0.2, 0) is 42.9 Å². The van der Waals surface area contributed by atoms with Crippen molar-refractivity contribution >= 4 is 23.9 Å². The van der Waals surface area contributed by atoms with Gasteiger partial charge in [-0.2, -0.15) is 0 Å². The fraction of sp³-hybridized carbons (Fsp3) is 0.681. The second-order valence-electron chi connectivity index (χ2n) is 21.3. The highest BCUT2D eigenvalue weighted by Gasteiger charge is 2.50. The normalized spacial score (nSPS) is 18.5. The van der Waals surface area contributed by atoms with E-state index in [4.69, 9.17) is 23.7 Å². The van der Waals surface area contributed by atoms with Crippen molar-refractivity contribution in [2.45, 2.75) is 289 Å². The fourth-order valence-electron chi connectivity index (χ4n) is 9.04. The smallest absolute Gasteiger partial charge is 0.335 e. The maximum atomic E-state index is 13.2. The summed E-state index contributed by atoms with van der Waals surface area (Å²) in [5.74, 6) is -3.21.